The van der Waals surface area contributed by atoms with Gasteiger partial charge in [-0.15, -0.1) is 0 Å². The van der Waals surface area contributed by atoms with Crippen LogP contribution in [0.2, 0.25) is 0 Å². The first-order valence-corrected chi connectivity index (χ1v) is 9.89. The van der Waals surface area contributed by atoms with Gasteiger partial charge < -0.3 is 30.4 Å². The molecule has 0 aliphatic rings. The summed E-state index contributed by atoms with van der Waals surface area (Å²) in [4.78, 5) is 10.6. The molecule has 28 heavy (non-hydrogen) atoms. The monoisotopic (exact) mass is 396 g/mol. The summed E-state index contributed by atoms with van der Waals surface area (Å²) in [6.45, 7) is 10.2. The maximum Gasteiger partial charge on any atom is 0.404 e. The highest BCUT2D eigenvalue weighted by molar-refractivity contribution is 5.64. The third kappa shape index (κ3) is 10.5. The third-order valence-electron chi connectivity index (χ3n) is 4.40. The van der Waals surface area contributed by atoms with Gasteiger partial charge in [0.1, 0.15) is 12.4 Å². The molecular weight excluding hydrogens is 360 g/mol. The van der Waals surface area contributed by atoms with E-state index in [1.54, 1.807) is 0 Å². The third-order valence-corrected chi connectivity index (χ3v) is 4.40. The molecular formula is C21H36N2O5. The lowest BCUT2D eigenvalue weighted by Gasteiger charge is -2.31. The highest BCUT2D eigenvalue weighted by Gasteiger charge is 2.25. The second-order valence-corrected chi connectivity index (χ2v) is 7.72. The summed E-state index contributed by atoms with van der Waals surface area (Å²) in [5.74, 6) is 1.15. The van der Waals surface area contributed by atoms with E-state index in [1.165, 1.54) is 5.56 Å². The van der Waals surface area contributed by atoms with Crippen molar-refractivity contribution >= 4 is 6.09 Å². The van der Waals surface area contributed by atoms with Crippen LogP contribution in [0.3, 0.4) is 0 Å². The van der Waals surface area contributed by atoms with Crippen LogP contribution in [-0.4, -0.2) is 57.3 Å². The van der Waals surface area contributed by atoms with Gasteiger partial charge in [-0.1, -0.05) is 32.9 Å². The van der Waals surface area contributed by atoms with E-state index >= 15 is 0 Å². The Bertz CT molecular complexity index is 543. The molecule has 160 valence electrons. The van der Waals surface area contributed by atoms with Crippen LogP contribution in [0, 0.1) is 5.41 Å². The molecule has 0 saturated heterocycles. The Morgan fingerprint density at radius 1 is 1.07 bits per heavy atom. The zero-order valence-corrected chi connectivity index (χ0v) is 17.4. The number of amides is 1. The summed E-state index contributed by atoms with van der Waals surface area (Å²) in [6.07, 6.45) is 0.754. The highest BCUT2D eigenvalue weighted by Crippen LogP contribution is 2.38. The second-order valence-electron chi connectivity index (χ2n) is 7.72. The van der Waals surface area contributed by atoms with Crippen LogP contribution in [0.4, 0.5) is 4.79 Å². The van der Waals surface area contributed by atoms with E-state index in [0.717, 1.165) is 18.6 Å². The lowest BCUT2D eigenvalue weighted by Crippen LogP contribution is -2.24. The predicted molar refractivity (Wildman–Crippen MR) is 110 cm³/mol. The Kier molecular flexibility index (Phi) is 11.6. The van der Waals surface area contributed by atoms with Crippen LogP contribution >= 0.6 is 0 Å². The van der Waals surface area contributed by atoms with Crippen molar-refractivity contribution in [2.24, 2.45) is 11.1 Å². The molecule has 0 aliphatic carbocycles. The lowest BCUT2D eigenvalue weighted by atomic mass is 9.74. The fourth-order valence-corrected chi connectivity index (χ4v) is 3.02. The Morgan fingerprint density at radius 2 is 1.68 bits per heavy atom. The average molecular weight is 397 g/mol. The molecule has 0 bridgehead atoms. The smallest absolute Gasteiger partial charge is 0.404 e. The van der Waals surface area contributed by atoms with Gasteiger partial charge in [-0.3, -0.25) is 0 Å². The van der Waals surface area contributed by atoms with Crippen LogP contribution < -0.4 is 15.8 Å². The van der Waals surface area contributed by atoms with Crippen molar-refractivity contribution in [3.05, 3.63) is 29.8 Å². The predicted octanol–water partition coefficient (Wildman–Crippen LogP) is 3.23. The minimum absolute atomic E-state index is 0.0887. The van der Waals surface area contributed by atoms with Crippen LogP contribution in [-0.2, 0) is 9.47 Å². The number of nitrogens with one attached hydrogen (secondary N) is 1. The van der Waals surface area contributed by atoms with Crippen molar-refractivity contribution in [1.29, 1.82) is 0 Å². The van der Waals surface area contributed by atoms with E-state index in [2.05, 4.69) is 38.2 Å². The van der Waals surface area contributed by atoms with Crippen LogP contribution in [0.25, 0.3) is 0 Å². The molecule has 0 aliphatic heterocycles. The quantitative estimate of drug-likeness (QED) is 0.417. The van der Waals surface area contributed by atoms with E-state index in [0.29, 0.717) is 52.0 Å². The first kappa shape index (κ1) is 24.2. The molecule has 7 heteroatoms. The first-order valence-electron chi connectivity index (χ1n) is 9.89. The Hall–Kier alpha value is -1.83. The topological polar surface area (TPSA) is 103 Å². The van der Waals surface area contributed by atoms with Crippen molar-refractivity contribution in [2.45, 2.75) is 39.5 Å². The van der Waals surface area contributed by atoms with Crippen molar-refractivity contribution in [3.8, 4) is 5.75 Å². The molecule has 0 heterocycles. The molecule has 7 nitrogen and oxygen atoms in total. The molecule has 0 fully saturated rings. The molecule has 1 rings (SSSR count). The molecule has 1 unspecified atom stereocenters. The van der Waals surface area contributed by atoms with Crippen LogP contribution in [0.15, 0.2) is 24.3 Å². The van der Waals surface area contributed by atoms with E-state index < -0.39 is 6.09 Å². The SMILES string of the molecule is CC(C)(C)C(CCCNC(=O)O)c1ccc(OCCOCCOCCN)cc1. The molecule has 1 atom stereocenters. The van der Waals surface area contributed by atoms with Crippen LogP contribution in [0.5, 0.6) is 5.75 Å². The summed E-state index contributed by atoms with van der Waals surface area (Å²) >= 11 is 0. The molecule has 4 N–H and O–H groups in total. The van der Waals surface area contributed by atoms with Crippen molar-refractivity contribution < 1.29 is 24.1 Å². The largest absolute Gasteiger partial charge is 0.491 e. The number of carbonyl (C=O) groups is 1. The van der Waals surface area contributed by atoms with E-state index in [9.17, 15) is 4.79 Å². The van der Waals surface area contributed by atoms with Gasteiger partial charge in [-0.05, 0) is 41.9 Å². The van der Waals surface area contributed by atoms with Crippen LogP contribution in [0.1, 0.15) is 45.1 Å². The van der Waals surface area contributed by atoms with Crippen molar-refractivity contribution in [2.75, 3.05) is 46.1 Å². The molecule has 1 aromatic carbocycles. The maximum absolute atomic E-state index is 10.6. The zero-order valence-electron chi connectivity index (χ0n) is 17.4. The van der Waals surface area contributed by atoms with Gasteiger partial charge in [0, 0.05) is 13.1 Å². The normalized spacial score (nSPS) is 12.6. The minimum Gasteiger partial charge on any atom is -0.491 e. The van der Waals surface area contributed by atoms with E-state index in [1.807, 2.05) is 12.1 Å². The van der Waals surface area contributed by atoms with Gasteiger partial charge >= 0.3 is 6.09 Å². The molecule has 0 saturated carbocycles. The summed E-state index contributed by atoms with van der Waals surface area (Å²) in [5, 5.41) is 11.1. The minimum atomic E-state index is -0.971. The number of nitrogens with two attached hydrogens (primary N) is 1. The Labute approximate surface area is 168 Å². The average Bonchev–Trinajstić information content (AvgIpc) is 2.63. The second kappa shape index (κ2) is 13.4. The molecule has 0 radical (unpaired) electrons. The van der Waals surface area contributed by atoms with Gasteiger partial charge in [0.15, 0.2) is 0 Å². The summed E-state index contributed by atoms with van der Waals surface area (Å²) in [6, 6.07) is 8.15. The fourth-order valence-electron chi connectivity index (χ4n) is 3.02. The van der Waals surface area contributed by atoms with Crippen molar-refractivity contribution in [3.63, 3.8) is 0 Å². The number of ether oxygens (including phenoxy) is 3. The molecule has 1 aromatic rings. The molecule has 0 spiro atoms. The van der Waals surface area contributed by atoms with Gasteiger partial charge in [0.2, 0.25) is 0 Å². The lowest BCUT2D eigenvalue weighted by molar-refractivity contribution is 0.0388. The number of benzene rings is 1. The summed E-state index contributed by atoms with van der Waals surface area (Å²) in [7, 11) is 0. The first-order chi connectivity index (χ1) is 13.3. The summed E-state index contributed by atoms with van der Waals surface area (Å²) in [5.41, 5.74) is 6.67. The van der Waals surface area contributed by atoms with Crippen molar-refractivity contribution in [1.82, 2.24) is 5.32 Å². The maximum atomic E-state index is 10.6. The highest BCUT2D eigenvalue weighted by atomic mass is 16.5. The number of hydrogen-bond donors (Lipinski definition) is 3. The Balaban J connectivity index is 2.41. The number of hydrogen-bond acceptors (Lipinski definition) is 5. The van der Waals surface area contributed by atoms with Gasteiger partial charge in [0.05, 0.1) is 26.4 Å². The van der Waals surface area contributed by atoms with Gasteiger partial charge in [0.25, 0.3) is 0 Å². The van der Waals surface area contributed by atoms with Gasteiger partial charge in [-0.25, -0.2) is 4.79 Å². The zero-order chi connectivity index (χ0) is 20.8. The number of rotatable bonds is 14. The van der Waals surface area contributed by atoms with Gasteiger partial charge in [-0.2, -0.15) is 0 Å². The molecule has 0 aromatic heterocycles. The fraction of sp³-hybridized carbons (Fsp3) is 0.667. The van der Waals surface area contributed by atoms with E-state index in [-0.39, 0.29) is 5.41 Å². The standard InChI is InChI=1S/C21H36N2O5/c1-21(2,3)19(5-4-11-23-20(24)25)17-6-8-18(9-7-17)28-16-15-27-14-13-26-12-10-22/h6-9,19,23H,4-5,10-16,22H2,1-3H3,(H,24,25). The Morgan fingerprint density at radius 3 is 2.25 bits per heavy atom. The van der Waals surface area contributed by atoms with E-state index in [4.69, 9.17) is 25.1 Å². The molecule has 1 amide bonds. The number of carboxylic acid groups (broad SMARTS) is 1. The summed E-state index contributed by atoms with van der Waals surface area (Å²) < 4.78 is 16.4.